The predicted octanol–water partition coefficient (Wildman–Crippen LogP) is 1.61. The van der Waals surface area contributed by atoms with Crippen LogP contribution in [0.25, 0.3) is 0 Å². The molecule has 3 heteroatoms. The molecule has 0 spiro atoms. The summed E-state index contributed by atoms with van der Waals surface area (Å²) in [5, 5.41) is 0. The Balaban J connectivity index is 3.12. The summed E-state index contributed by atoms with van der Waals surface area (Å²) in [7, 11) is 2.01. The number of hydrogen-bond donors (Lipinski definition) is 0. The van der Waals surface area contributed by atoms with Gasteiger partial charge >= 0.3 is 0 Å². The smallest absolute Gasteiger partial charge is 0.231 e. The largest absolute Gasteiger partial charge is 0.261 e. The standard InChI is InChI=1S/C9H19N2O/c1-7-8(2,3)10(6)9(4,5)11(7)12/h7H,1-6H3/q+1. The fraction of sp³-hybridized carbons (Fsp3) is 1.00. The summed E-state index contributed by atoms with van der Waals surface area (Å²) in [4.78, 5) is 13.9. The van der Waals surface area contributed by atoms with Gasteiger partial charge in [-0.2, -0.15) is 0 Å². The van der Waals surface area contributed by atoms with Crippen molar-refractivity contribution in [2.24, 2.45) is 0 Å². The molecule has 1 heterocycles. The van der Waals surface area contributed by atoms with E-state index in [1.807, 2.05) is 27.8 Å². The van der Waals surface area contributed by atoms with Gasteiger partial charge in [0.05, 0.1) is 5.54 Å². The van der Waals surface area contributed by atoms with Gasteiger partial charge in [0.25, 0.3) is 5.66 Å². The molecule has 12 heavy (non-hydrogen) atoms. The Hall–Kier alpha value is -0.440. The maximum absolute atomic E-state index is 11.7. The Morgan fingerprint density at radius 1 is 1.25 bits per heavy atom. The third-order valence-corrected chi connectivity index (χ3v) is 3.60. The van der Waals surface area contributed by atoms with Gasteiger partial charge < -0.3 is 0 Å². The Morgan fingerprint density at radius 3 is 1.75 bits per heavy atom. The Bertz CT molecular complexity index is 221. The fourth-order valence-corrected chi connectivity index (χ4v) is 1.89. The van der Waals surface area contributed by atoms with E-state index in [0.717, 1.165) is 0 Å². The normalized spacial score (nSPS) is 34.2. The number of rotatable bonds is 0. The molecular weight excluding hydrogens is 152 g/mol. The van der Waals surface area contributed by atoms with Crippen molar-refractivity contribution in [1.82, 2.24) is 4.90 Å². The van der Waals surface area contributed by atoms with Crippen LogP contribution in [0, 0.1) is 4.91 Å². The molecule has 1 fully saturated rings. The third-order valence-electron chi connectivity index (χ3n) is 3.60. The molecule has 1 rings (SSSR count). The van der Waals surface area contributed by atoms with Crippen molar-refractivity contribution in [1.29, 1.82) is 0 Å². The van der Waals surface area contributed by atoms with Gasteiger partial charge in [-0.1, -0.05) is 0 Å². The minimum Gasteiger partial charge on any atom is -0.231 e. The van der Waals surface area contributed by atoms with Crippen LogP contribution < -0.4 is 0 Å². The van der Waals surface area contributed by atoms with Crippen molar-refractivity contribution < 1.29 is 4.76 Å². The van der Waals surface area contributed by atoms with E-state index in [4.69, 9.17) is 0 Å². The van der Waals surface area contributed by atoms with E-state index in [1.165, 1.54) is 4.76 Å². The van der Waals surface area contributed by atoms with Gasteiger partial charge in [0.2, 0.25) is 6.04 Å². The second kappa shape index (κ2) is 2.28. The van der Waals surface area contributed by atoms with Gasteiger partial charge in [-0.05, 0) is 20.9 Å². The zero-order chi connectivity index (χ0) is 9.73. The highest BCUT2D eigenvalue weighted by Crippen LogP contribution is 2.36. The lowest BCUT2D eigenvalue weighted by atomic mass is 9.97. The van der Waals surface area contributed by atoms with Crippen molar-refractivity contribution in [3.05, 3.63) is 4.91 Å². The van der Waals surface area contributed by atoms with E-state index in [1.54, 1.807) is 0 Å². The lowest BCUT2D eigenvalue weighted by Gasteiger charge is -2.28. The van der Waals surface area contributed by atoms with Gasteiger partial charge in [-0.25, -0.2) is 4.90 Å². The van der Waals surface area contributed by atoms with Crippen molar-refractivity contribution in [2.75, 3.05) is 7.05 Å². The zero-order valence-electron chi connectivity index (χ0n) is 8.88. The predicted molar refractivity (Wildman–Crippen MR) is 49.0 cm³/mol. The lowest BCUT2D eigenvalue weighted by Crippen LogP contribution is -2.47. The summed E-state index contributed by atoms with van der Waals surface area (Å²) in [6.45, 7) is 10.1. The molecule has 0 aliphatic carbocycles. The van der Waals surface area contributed by atoms with Crippen LogP contribution in [0.15, 0.2) is 0 Å². The van der Waals surface area contributed by atoms with E-state index in [2.05, 4.69) is 18.7 Å². The van der Waals surface area contributed by atoms with Gasteiger partial charge in [0, 0.05) is 30.4 Å². The first kappa shape index (κ1) is 9.65. The molecule has 0 bridgehead atoms. The molecule has 0 amide bonds. The average Bonchev–Trinajstić information content (AvgIpc) is 2.06. The van der Waals surface area contributed by atoms with Crippen LogP contribution in [0.3, 0.4) is 0 Å². The highest BCUT2D eigenvalue weighted by Gasteiger charge is 2.61. The molecule has 3 nitrogen and oxygen atoms in total. The summed E-state index contributed by atoms with van der Waals surface area (Å²) in [5.41, 5.74) is -0.409. The zero-order valence-corrected chi connectivity index (χ0v) is 8.88. The van der Waals surface area contributed by atoms with Gasteiger partial charge in [0.1, 0.15) is 0 Å². The molecule has 1 aliphatic rings. The summed E-state index contributed by atoms with van der Waals surface area (Å²) in [6.07, 6.45) is 0. The molecule has 1 unspecified atom stereocenters. The molecule has 1 aliphatic heterocycles. The number of likely N-dealkylation sites (N-methyl/N-ethyl adjacent to an activating group) is 1. The van der Waals surface area contributed by atoms with Crippen LogP contribution in [0.4, 0.5) is 0 Å². The molecule has 0 radical (unpaired) electrons. The highest BCUT2D eigenvalue weighted by atomic mass is 16.3. The van der Waals surface area contributed by atoms with E-state index in [0.29, 0.717) is 0 Å². The van der Waals surface area contributed by atoms with Crippen LogP contribution in [-0.4, -0.2) is 34.0 Å². The number of nitrogens with zero attached hydrogens (tertiary/aromatic N) is 2. The van der Waals surface area contributed by atoms with Crippen LogP contribution in [0.1, 0.15) is 34.6 Å². The molecule has 0 aromatic rings. The van der Waals surface area contributed by atoms with E-state index in [-0.39, 0.29) is 17.2 Å². The molecular formula is C9H19N2O+. The quantitative estimate of drug-likeness (QED) is 0.517. The molecule has 1 saturated heterocycles. The lowest BCUT2D eigenvalue weighted by molar-refractivity contribution is -0.639. The monoisotopic (exact) mass is 171 g/mol. The summed E-state index contributed by atoms with van der Waals surface area (Å²) >= 11 is 0. The first-order valence-electron chi connectivity index (χ1n) is 4.42. The molecule has 0 aromatic heterocycles. The Labute approximate surface area is 74.3 Å². The highest BCUT2D eigenvalue weighted by molar-refractivity contribution is 4.94. The molecule has 0 N–H and O–H groups in total. The minimum atomic E-state index is -0.372. The summed E-state index contributed by atoms with van der Waals surface area (Å²) in [5.74, 6) is 0. The SMILES string of the molecule is CC1[N+](=O)C(C)(C)N(C)C1(C)C. The number of nitroso groups, excluding NO2 is 1. The van der Waals surface area contributed by atoms with E-state index >= 15 is 0 Å². The number of hydrogen-bond acceptors (Lipinski definition) is 2. The van der Waals surface area contributed by atoms with Crippen LogP contribution in [-0.2, 0) is 0 Å². The Kier molecular flexibility index (Phi) is 1.84. The third kappa shape index (κ3) is 0.922. The first-order chi connectivity index (χ1) is 5.22. The van der Waals surface area contributed by atoms with Gasteiger partial charge in [0.15, 0.2) is 0 Å². The van der Waals surface area contributed by atoms with Gasteiger partial charge in [-0.15, -0.1) is 0 Å². The van der Waals surface area contributed by atoms with Crippen LogP contribution in [0.2, 0.25) is 0 Å². The van der Waals surface area contributed by atoms with Crippen molar-refractivity contribution in [2.45, 2.75) is 51.9 Å². The minimum absolute atomic E-state index is 0.0365. The molecule has 70 valence electrons. The second-order valence-corrected chi connectivity index (χ2v) is 4.71. The van der Waals surface area contributed by atoms with Gasteiger partial charge in [-0.3, -0.25) is 0 Å². The van der Waals surface area contributed by atoms with E-state index in [9.17, 15) is 4.91 Å². The summed E-state index contributed by atoms with van der Waals surface area (Å²) < 4.78 is 1.19. The Morgan fingerprint density at radius 2 is 1.67 bits per heavy atom. The summed E-state index contributed by atoms with van der Waals surface area (Å²) in [6, 6.07) is 0.0532. The maximum atomic E-state index is 11.7. The second-order valence-electron chi connectivity index (χ2n) is 4.71. The van der Waals surface area contributed by atoms with Crippen molar-refractivity contribution in [3.63, 3.8) is 0 Å². The van der Waals surface area contributed by atoms with Crippen molar-refractivity contribution in [3.8, 4) is 0 Å². The molecule has 0 saturated carbocycles. The van der Waals surface area contributed by atoms with Crippen LogP contribution in [0.5, 0.6) is 0 Å². The van der Waals surface area contributed by atoms with E-state index < -0.39 is 0 Å². The first-order valence-corrected chi connectivity index (χ1v) is 4.42. The maximum Gasteiger partial charge on any atom is 0.261 e. The van der Waals surface area contributed by atoms with Crippen molar-refractivity contribution >= 4 is 0 Å². The topological polar surface area (TPSA) is 23.3 Å². The van der Waals surface area contributed by atoms with Crippen LogP contribution >= 0.6 is 0 Å². The molecule has 0 aromatic carbocycles. The fourth-order valence-electron chi connectivity index (χ4n) is 1.89. The molecule has 1 atom stereocenters. The average molecular weight is 171 g/mol.